The number of fused-ring (bicyclic) bond motifs is 2. The van der Waals surface area contributed by atoms with Gasteiger partial charge in [0, 0.05) is 5.02 Å². The van der Waals surface area contributed by atoms with Crippen LogP contribution in [0.5, 0.6) is 0 Å². The summed E-state index contributed by atoms with van der Waals surface area (Å²) in [5, 5.41) is 6.04. The molecule has 0 aliphatic rings. The van der Waals surface area contributed by atoms with Gasteiger partial charge in [-0.3, -0.25) is 0 Å². The van der Waals surface area contributed by atoms with Crippen molar-refractivity contribution in [1.29, 1.82) is 0 Å². The quantitative estimate of drug-likeness (QED) is 0.248. The largest absolute Gasteiger partial charge is 0.0843 e. The van der Waals surface area contributed by atoms with Crippen molar-refractivity contribution in [3.8, 4) is 22.3 Å². The molecular weight excluding hydrogens is 396 g/mol. The number of unbranched alkanes of at least 4 members (excludes halogenated alkanes) is 1. The van der Waals surface area contributed by atoms with E-state index < -0.39 is 0 Å². The Hall–Kier alpha value is -3.09. The van der Waals surface area contributed by atoms with Crippen molar-refractivity contribution in [3.05, 3.63) is 108 Å². The van der Waals surface area contributed by atoms with Gasteiger partial charge in [0.1, 0.15) is 0 Å². The first-order valence-corrected chi connectivity index (χ1v) is 11.4. The van der Waals surface area contributed by atoms with Crippen LogP contribution < -0.4 is 0 Å². The summed E-state index contributed by atoms with van der Waals surface area (Å²) in [5.41, 5.74) is 6.54. The molecule has 0 saturated carbocycles. The van der Waals surface area contributed by atoms with Gasteiger partial charge in [-0.15, -0.1) is 0 Å². The second kappa shape index (κ2) is 8.57. The molecule has 0 fully saturated rings. The summed E-state index contributed by atoms with van der Waals surface area (Å²) < 4.78 is 0. The van der Waals surface area contributed by atoms with Crippen molar-refractivity contribution in [1.82, 2.24) is 0 Å². The molecule has 0 radical (unpaired) electrons. The first-order valence-electron chi connectivity index (χ1n) is 11.1. The van der Waals surface area contributed by atoms with E-state index in [0.717, 1.165) is 11.4 Å². The van der Waals surface area contributed by atoms with Gasteiger partial charge in [-0.2, -0.15) is 0 Å². The second-order valence-corrected chi connectivity index (χ2v) is 8.55. The molecule has 0 atom stereocenters. The second-order valence-electron chi connectivity index (χ2n) is 8.11. The van der Waals surface area contributed by atoms with E-state index in [1.165, 1.54) is 62.2 Å². The summed E-state index contributed by atoms with van der Waals surface area (Å²) in [4.78, 5) is 0. The molecule has 0 heterocycles. The fourth-order valence-electron chi connectivity index (χ4n) is 4.71. The van der Waals surface area contributed by atoms with Gasteiger partial charge >= 0.3 is 0 Å². The minimum atomic E-state index is 0.768. The molecule has 152 valence electrons. The molecule has 0 unspecified atom stereocenters. The Bertz CT molecular complexity index is 1350. The van der Waals surface area contributed by atoms with Crippen molar-refractivity contribution in [2.24, 2.45) is 0 Å². The van der Waals surface area contributed by atoms with E-state index in [2.05, 4.69) is 91.9 Å². The van der Waals surface area contributed by atoms with E-state index in [9.17, 15) is 0 Å². The average Bonchev–Trinajstić information content (AvgIpc) is 2.82. The van der Waals surface area contributed by atoms with Crippen molar-refractivity contribution in [2.45, 2.75) is 26.2 Å². The molecule has 0 aromatic heterocycles. The molecule has 0 saturated heterocycles. The summed E-state index contributed by atoms with van der Waals surface area (Å²) in [6, 6.07) is 34.7. The molecule has 31 heavy (non-hydrogen) atoms. The zero-order chi connectivity index (χ0) is 21.2. The number of aryl methyl sites for hydroxylation is 1. The summed E-state index contributed by atoms with van der Waals surface area (Å²) in [5.74, 6) is 0. The topological polar surface area (TPSA) is 0 Å². The van der Waals surface area contributed by atoms with Crippen molar-refractivity contribution < 1.29 is 0 Å². The lowest BCUT2D eigenvalue weighted by molar-refractivity contribution is 0.799. The normalized spacial score (nSPS) is 11.3. The lowest BCUT2D eigenvalue weighted by Gasteiger charge is -2.20. The Kier molecular flexibility index (Phi) is 5.49. The highest BCUT2D eigenvalue weighted by Crippen LogP contribution is 2.45. The number of halogens is 1. The van der Waals surface area contributed by atoms with Gasteiger partial charge in [-0.25, -0.2) is 0 Å². The SMILES string of the molecule is CCCCc1cccc2c(-c3ccccc3)c3ccccc3c(-c3ccc(Cl)cc3)c12. The fraction of sp³-hybridized carbons (Fsp3) is 0.133. The molecule has 5 aromatic rings. The van der Waals surface area contributed by atoms with Gasteiger partial charge in [-0.05, 0) is 74.3 Å². The Labute approximate surface area is 189 Å². The van der Waals surface area contributed by atoms with Crippen molar-refractivity contribution in [2.75, 3.05) is 0 Å². The molecule has 0 N–H and O–H groups in total. The van der Waals surface area contributed by atoms with Crippen LogP contribution in [-0.4, -0.2) is 0 Å². The van der Waals surface area contributed by atoms with Crippen LogP contribution in [-0.2, 0) is 6.42 Å². The number of hydrogen-bond acceptors (Lipinski definition) is 0. The molecule has 1 heteroatoms. The van der Waals surface area contributed by atoms with Gasteiger partial charge < -0.3 is 0 Å². The van der Waals surface area contributed by atoms with Crippen molar-refractivity contribution >= 4 is 33.1 Å². The number of rotatable bonds is 5. The molecule has 0 aliphatic carbocycles. The fourth-order valence-corrected chi connectivity index (χ4v) is 4.84. The summed E-state index contributed by atoms with van der Waals surface area (Å²) in [6.45, 7) is 2.26. The summed E-state index contributed by atoms with van der Waals surface area (Å²) in [6.07, 6.45) is 3.46. The van der Waals surface area contributed by atoms with Crippen LogP contribution in [0.4, 0.5) is 0 Å². The summed E-state index contributed by atoms with van der Waals surface area (Å²) in [7, 11) is 0. The predicted molar refractivity (Wildman–Crippen MR) is 136 cm³/mol. The third-order valence-corrected chi connectivity index (χ3v) is 6.38. The lowest BCUT2D eigenvalue weighted by atomic mass is 9.83. The number of benzene rings is 5. The minimum Gasteiger partial charge on any atom is -0.0843 e. The zero-order valence-electron chi connectivity index (χ0n) is 17.7. The molecule has 0 bridgehead atoms. The van der Waals surface area contributed by atoms with Gasteiger partial charge in [-0.1, -0.05) is 110 Å². The highest BCUT2D eigenvalue weighted by molar-refractivity contribution is 6.30. The van der Waals surface area contributed by atoms with E-state index in [-0.39, 0.29) is 0 Å². The van der Waals surface area contributed by atoms with E-state index in [4.69, 9.17) is 11.6 Å². The predicted octanol–water partition coefficient (Wildman–Crippen LogP) is 9.32. The Morgan fingerprint density at radius 3 is 1.90 bits per heavy atom. The number of hydrogen-bond donors (Lipinski definition) is 0. The third-order valence-electron chi connectivity index (χ3n) is 6.13. The molecule has 0 aliphatic heterocycles. The maximum Gasteiger partial charge on any atom is 0.0406 e. The van der Waals surface area contributed by atoms with Crippen LogP contribution >= 0.6 is 11.6 Å². The van der Waals surface area contributed by atoms with Gasteiger partial charge in [0.05, 0.1) is 0 Å². The molecular formula is C30H25Cl. The monoisotopic (exact) mass is 420 g/mol. The maximum atomic E-state index is 6.24. The third kappa shape index (κ3) is 3.62. The van der Waals surface area contributed by atoms with Crippen molar-refractivity contribution in [3.63, 3.8) is 0 Å². The molecule has 5 rings (SSSR count). The highest BCUT2D eigenvalue weighted by atomic mass is 35.5. The zero-order valence-corrected chi connectivity index (χ0v) is 18.5. The standard InChI is InChI=1S/C30H25Cl/c1-2-3-10-22-13-9-16-27-28(21-11-5-4-6-12-21)25-14-7-8-15-26(25)29(30(22)27)23-17-19-24(31)20-18-23/h4-9,11-20H,2-3,10H2,1H3. The van der Waals surface area contributed by atoms with E-state index >= 15 is 0 Å². The first kappa shape index (κ1) is 19.8. The Balaban J connectivity index is 1.98. The minimum absolute atomic E-state index is 0.768. The van der Waals surface area contributed by atoms with Crippen LogP contribution in [0.15, 0.2) is 97.1 Å². The Morgan fingerprint density at radius 1 is 0.581 bits per heavy atom. The lowest BCUT2D eigenvalue weighted by Crippen LogP contribution is -1.95. The highest BCUT2D eigenvalue weighted by Gasteiger charge is 2.18. The molecule has 0 nitrogen and oxygen atoms in total. The van der Waals surface area contributed by atoms with Crippen LogP contribution in [0, 0.1) is 0 Å². The van der Waals surface area contributed by atoms with Gasteiger partial charge in [0.15, 0.2) is 0 Å². The van der Waals surface area contributed by atoms with Gasteiger partial charge in [0.25, 0.3) is 0 Å². The molecule has 0 spiro atoms. The maximum absolute atomic E-state index is 6.24. The van der Waals surface area contributed by atoms with Gasteiger partial charge in [0.2, 0.25) is 0 Å². The Morgan fingerprint density at radius 2 is 1.19 bits per heavy atom. The van der Waals surface area contributed by atoms with E-state index in [1.54, 1.807) is 0 Å². The average molecular weight is 421 g/mol. The van der Waals surface area contributed by atoms with E-state index in [0.29, 0.717) is 0 Å². The van der Waals surface area contributed by atoms with Crippen LogP contribution in [0.2, 0.25) is 5.02 Å². The smallest absolute Gasteiger partial charge is 0.0406 e. The van der Waals surface area contributed by atoms with E-state index in [1.807, 2.05) is 12.1 Å². The summed E-state index contributed by atoms with van der Waals surface area (Å²) >= 11 is 6.24. The molecule has 0 amide bonds. The van der Waals surface area contributed by atoms with Crippen LogP contribution in [0.1, 0.15) is 25.3 Å². The van der Waals surface area contributed by atoms with Crippen LogP contribution in [0.25, 0.3) is 43.8 Å². The molecule has 5 aromatic carbocycles. The van der Waals surface area contributed by atoms with Crippen LogP contribution in [0.3, 0.4) is 0 Å². The first-order chi connectivity index (χ1) is 15.3.